The Bertz CT molecular complexity index is 1180. The van der Waals surface area contributed by atoms with Crippen LogP contribution in [0, 0.1) is 13.8 Å². The SMILES string of the molecule is Cc1cc(C2(C)NC(=O)N(Cc3nc(-c4cccc(C(F)(F)F)c4)no3)C2=O)c(C)o1. The molecule has 3 heterocycles. The van der Waals surface area contributed by atoms with Crippen LogP contribution in [0.25, 0.3) is 11.4 Å². The molecule has 1 unspecified atom stereocenters. The first kappa shape index (κ1) is 20.6. The van der Waals surface area contributed by atoms with E-state index < -0.39 is 29.2 Å². The molecule has 0 saturated carbocycles. The van der Waals surface area contributed by atoms with Crippen LogP contribution in [0.1, 0.15) is 35.5 Å². The molecule has 1 N–H and O–H groups in total. The minimum absolute atomic E-state index is 0.0859. The van der Waals surface area contributed by atoms with Crippen molar-refractivity contribution in [1.82, 2.24) is 20.4 Å². The molecule has 0 bridgehead atoms. The van der Waals surface area contributed by atoms with Crippen LogP contribution in [0.3, 0.4) is 0 Å². The maximum absolute atomic E-state index is 13.0. The molecular weight excluding hydrogens is 417 g/mol. The summed E-state index contributed by atoms with van der Waals surface area (Å²) >= 11 is 0. The van der Waals surface area contributed by atoms with E-state index in [4.69, 9.17) is 8.94 Å². The first-order chi connectivity index (χ1) is 14.5. The van der Waals surface area contributed by atoms with Gasteiger partial charge in [0, 0.05) is 11.1 Å². The Kier molecular flexibility index (Phi) is 4.64. The van der Waals surface area contributed by atoms with Crippen LogP contribution in [0.2, 0.25) is 0 Å². The highest BCUT2D eigenvalue weighted by molar-refractivity contribution is 6.07. The molecule has 1 aromatic carbocycles. The largest absolute Gasteiger partial charge is 0.466 e. The molecule has 1 aliphatic heterocycles. The topological polar surface area (TPSA) is 101 Å². The third kappa shape index (κ3) is 3.56. The van der Waals surface area contributed by atoms with Gasteiger partial charge in [0.2, 0.25) is 11.7 Å². The average Bonchev–Trinajstić information content (AvgIpc) is 3.35. The summed E-state index contributed by atoms with van der Waals surface area (Å²) in [7, 11) is 0. The van der Waals surface area contributed by atoms with Crippen molar-refractivity contribution in [2.75, 3.05) is 0 Å². The van der Waals surface area contributed by atoms with Gasteiger partial charge in [0.05, 0.1) is 5.56 Å². The molecule has 31 heavy (non-hydrogen) atoms. The van der Waals surface area contributed by atoms with Crippen LogP contribution >= 0.6 is 0 Å². The smallest absolute Gasteiger partial charge is 0.416 e. The van der Waals surface area contributed by atoms with Crippen molar-refractivity contribution in [1.29, 1.82) is 0 Å². The Labute approximate surface area is 174 Å². The average molecular weight is 434 g/mol. The summed E-state index contributed by atoms with van der Waals surface area (Å²) in [5, 5.41) is 6.32. The van der Waals surface area contributed by atoms with E-state index in [1.54, 1.807) is 26.8 Å². The van der Waals surface area contributed by atoms with Gasteiger partial charge >= 0.3 is 12.2 Å². The second kappa shape index (κ2) is 6.96. The number of amides is 3. The molecule has 4 rings (SSSR count). The van der Waals surface area contributed by atoms with Gasteiger partial charge in [0.1, 0.15) is 23.6 Å². The minimum atomic E-state index is -4.52. The first-order valence-electron chi connectivity index (χ1n) is 9.21. The molecular formula is C20H17F3N4O4. The molecule has 1 fully saturated rings. The highest BCUT2D eigenvalue weighted by Gasteiger charge is 2.51. The second-order valence-electron chi connectivity index (χ2n) is 7.36. The highest BCUT2D eigenvalue weighted by atomic mass is 19.4. The molecule has 3 aromatic rings. The molecule has 11 heteroatoms. The molecule has 0 radical (unpaired) electrons. The molecule has 1 aliphatic rings. The first-order valence-corrected chi connectivity index (χ1v) is 9.21. The Morgan fingerprint density at radius 2 is 1.94 bits per heavy atom. The number of alkyl halides is 3. The molecule has 1 saturated heterocycles. The number of aromatic nitrogens is 2. The number of halogens is 3. The van der Waals surface area contributed by atoms with Gasteiger partial charge in [0.15, 0.2) is 0 Å². The molecule has 2 aromatic heterocycles. The number of hydrogen-bond donors (Lipinski definition) is 1. The maximum Gasteiger partial charge on any atom is 0.416 e. The molecule has 0 aliphatic carbocycles. The number of carbonyl (C=O) groups is 2. The lowest BCUT2D eigenvalue weighted by Crippen LogP contribution is -2.41. The van der Waals surface area contributed by atoms with Gasteiger partial charge < -0.3 is 14.3 Å². The number of benzene rings is 1. The number of furan rings is 1. The molecule has 0 spiro atoms. The Hall–Kier alpha value is -3.63. The van der Waals surface area contributed by atoms with Gasteiger partial charge in [-0.25, -0.2) is 4.79 Å². The van der Waals surface area contributed by atoms with E-state index in [2.05, 4.69) is 15.5 Å². The van der Waals surface area contributed by atoms with Gasteiger partial charge in [-0.05, 0) is 39.0 Å². The Balaban J connectivity index is 1.57. The molecule has 1 atom stereocenters. The summed E-state index contributed by atoms with van der Waals surface area (Å²) in [6.45, 7) is 4.65. The van der Waals surface area contributed by atoms with Crippen molar-refractivity contribution >= 4 is 11.9 Å². The normalized spacial score (nSPS) is 19.2. The van der Waals surface area contributed by atoms with Crippen molar-refractivity contribution in [2.24, 2.45) is 0 Å². The fourth-order valence-electron chi connectivity index (χ4n) is 3.56. The van der Waals surface area contributed by atoms with Crippen LogP contribution in [-0.2, 0) is 23.1 Å². The molecule has 162 valence electrons. The van der Waals surface area contributed by atoms with Gasteiger partial charge in [0.25, 0.3) is 5.91 Å². The van der Waals surface area contributed by atoms with Crippen molar-refractivity contribution in [3.63, 3.8) is 0 Å². The van der Waals surface area contributed by atoms with E-state index in [1.807, 2.05) is 0 Å². The Morgan fingerprint density at radius 3 is 2.58 bits per heavy atom. The van der Waals surface area contributed by atoms with Crippen molar-refractivity contribution < 1.29 is 31.7 Å². The number of rotatable bonds is 4. The van der Waals surface area contributed by atoms with Crippen LogP contribution in [-0.4, -0.2) is 27.0 Å². The van der Waals surface area contributed by atoms with E-state index in [9.17, 15) is 22.8 Å². The number of nitrogens with one attached hydrogen (secondary N) is 1. The summed E-state index contributed by atoms with van der Waals surface area (Å²) in [6.07, 6.45) is -4.52. The summed E-state index contributed by atoms with van der Waals surface area (Å²) in [5.74, 6) is 0.370. The van der Waals surface area contributed by atoms with Crippen LogP contribution < -0.4 is 5.32 Å². The predicted octanol–water partition coefficient (Wildman–Crippen LogP) is 3.93. The summed E-state index contributed by atoms with van der Waals surface area (Å²) < 4.78 is 49.3. The summed E-state index contributed by atoms with van der Waals surface area (Å²) in [5.41, 5.74) is -1.56. The number of nitrogens with zero attached hydrogens (tertiary/aromatic N) is 3. The molecule has 3 amide bonds. The fraction of sp³-hybridized carbons (Fsp3) is 0.300. The van der Waals surface area contributed by atoms with Crippen LogP contribution in [0.4, 0.5) is 18.0 Å². The zero-order chi connectivity index (χ0) is 22.6. The second-order valence-corrected chi connectivity index (χ2v) is 7.36. The third-order valence-electron chi connectivity index (χ3n) is 5.06. The van der Waals surface area contributed by atoms with E-state index in [-0.39, 0.29) is 23.8 Å². The van der Waals surface area contributed by atoms with E-state index in [0.29, 0.717) is 17.1 Å². The quantitative estimate of drug-likeness (QED) is 0.625. The number of carbonyl (C=O) groups excluding carboxylic acids is 2. The monoisotopic (exact) mass is 434 g/mol. The number of urea groups is 1. The molecule has 8 nitrogen and oxygen atoms in total. The lowest BCUT2D eigenvalue weighted by atomic mass is 9.92. The van der Waals surface area contributed by atoms with Crippen LogP contribution in [0.5, 0.6) is 0 Å². The summed E-state index contributed by atoms with van der Waals surface area (Å²) in [6, 6.07) is 5.46. The van der Waals surface area contributed by atoms with Gasteiger partial charge in [-0.2, -0.15) is 18.2 Å². The predicted molar refractivity (Wildman–Crippen MR) is 99.4 cm³/mol. The van der Waals surface area contributed by atoms with Crippen molar-refractivity contribution in [3.8, 4) is 11.4 Å². The Morgan fingerprint density at radius 1 is 1.19 bits per heavy atom. The number of aryl methyl sites for hydroxylation is 2. The van der Waals surface area contributed by atoms with Gasteiger partial charge in [-0.3, -0.25) is 9.69 Å². The third-order valence-corrected chi connectivity index (χ3v) is 5.06. The lowest BCUT2D eigenvalue weighted by molar-refractivity contribution is -0.137. The van der Waals surface area contributed by atoms with E-state index >= 15 is 0 Å². The van der Waals surface area contributed by atoms with Gasteiger partial charge in [-0.1, -0.05) is 17.3 Å². The zero-order valence-corrected chi connectivity index (χ0v) is 16.7. The van der Waals surface area contributed by atoms with Crippen molar-refractivity contribution in [2.45, 2.75) is 39.0 Å². The number of hydrogen-bond acceptors (Lipinski definition) is 6. The fourth-order valence-corrected chi connectivity index (χ4v) is 3.56. The maximum atomic E-state index is 13.0. The lowest BCUT2D eigenvalue weighted by Gasteiger charge is -2.20. The standard InChI is InChI=1S/C20H17F3N4O4/c1-10-7-14(11(2)30-10)19(3)17(28)27(18(29)25-19)9-15-24-16(26-31-15)12-5-4-6-13(8-12)20(21,22)23/h4-8H,9H2,1-3H3,(H,25,29). The minimum Gasteiger partial charge on any atom is -0.466 e. The summed E-state index contributed by atoms with van der Waals surface area (Å²) in [4.78, 5) is 30.4. The van der Waals surface area contributed by atoms with Crippen LogP contribution in [0.15, 0.2) is 39.3 Å². The number of imide groups is 1. The zero-order valence-electron chi connectivity index (χ0n) is 16.7. The van der Waals surface area contributed by atoms with E-state index in [0.717, 1.165) is 17.0 Å². The van der Waals surface area contributed by atoms with E-state index in [1.165, 1.54) is 12.1 Å². The highest BCUT2D eigenvalue weighted by Crippen LogP contribution is 2.34. The van der Waals surface area contributed by atoms with Gasteiger partial charge in [-0.15, -0.1) is 0 Å². The van der Waals surface area contributed by atoms with Crippen molar-refractivity contribution in [3.05, 3.63) is 58.9 Å².